The predicted molar refractivity (Wildman–Crippen MR) is 64.9 cm³/mol. The Morgan fingerprint density at radius 1 is 1.38 bits per heavy atom. The number of esters is 1. The Morgan fingerprint density at radius 2 is 2.00 bits per heavy atom. The zero-order valence-corrected chi connectivity index (χ0v) is 10.0. The lowest BCUT2D eigenvalue weighted by molar-refractivity contribution is 0.0189. The van der Waals surface area contributed by atoms with Crippen LogP contribution in [0.25, 0.3) is 0 Å². The molecular formula is C12H16ClNO2. The van der Waals surface area contributed by atoms with Crippen LogP contribution < -0.4 is 5.32 Å². The minimum Gasteiger partial charge on any atom is -0.461 e. The molecule has 0 bridgehead atoms. The van der Waals surface area contributed by atoms with Gasteiger partial charge in [0.1, 0.15) is 0 Å². The molecule has 0 atom stereocenters. The van der Waals surface area contributed by atoms with E-state index in [1.807, 2.05) is 18.2 Å². The van der Waals surface area contributed by atoms with Gasteiger partial charge < -0.3 is 10.1 Å². The topological polar surface area (TPSA) is 38.3 Å². The lowest BCUT2D eigenvalue weighted by Crippen LogP contribution is -2.54. The van der Waals surface area contributed by atoms with Crippen LogP contribution >= 0.6 is 12.4 Å². The fourth-order valence-corrected chi connectivity index (χ4v) is 1.55. The maximum Gasteiger partial charge on any atom is 0.338 e. The second-order valence-corrected chi connectivity index (χ2v) is 4.36. The number of carbonyl (C=O) groups excluding carboxylic acids is 1. The lowest BCUT2D eigenvalue weighted by atomic mass is 9.85. The summed E-state index contributed by atoms with van der Waals surface area (Å²) in [6.07, 6.45) is 0. The SMILES string of the molecule is CC1(COC(=O)c2ccccc2)CNC1.Cl. The highest BCUT2D eigenvalue weighted by molar-refractivity contribution is 5.89. The van der Waals surface area contributed by atoms with E-state index in [0.29, 0.717) is 12.2 Å². The standard InChI is InChI=1S/C12H15NO2.ClH/c1-12(7-13-8-12)9-15-11(14)10-5-3-2-4-6-10;/h2-6,13H,7-9H2,1H3;1H. The van der Waals surface area contributed by atoms with E-state index < -0.39 is 0 Å². The van der Waals surface area contributed by atoms with Crippen molar-refractivity contribution in [2.75, 3.05) is 19.7 Å². The van der Waals surface area contributed by atoms with E-state index in [1.54, 1.807) is 12.1 Å². The van der Waals surface area contributed by atoms with Gasteiger partial charge in [-0.25, -0.2) is 4.79 Å². The van der Waals surface area contributed by atoms with Gasteiger partial charge in [0.2, 0.25) is 0 Å². The van der Waals surface area contributed by atoms with Crippen molar-refractivity contribution in [3.8, 4) is 0 Å². The summed E-state index contributed by atoms with van der Waals surface area (Å²) in [7, 11) is 0. The molecule has 16 heavy (non-hydrogen) atoms. The normalized spacial score (nSPS) is 16.8. The summed E-state index contributed by atoms with van der Waals surface area (Å²) in [6, 6.07) is 9.09. The summed E-state index contributed by atoms with van der Waals surface area (Å²) in [5, 5.41) is 3.17. The molecular weight excluding hydrogens is 226 g/mol. The number of nitrogens with one attached hydrogen (secondary N) is 1. The summed E-state index contributed by atoms with van der Waals surface area (Å²) < 4.78 is 5.26. The summed E-state index contributed by atoms with van der Waals surface area (Å²) in [5.74, 6) is -0.233. The van der Waals surface area contributed by atoms with Crippen molar-refractivity contribution in [2.45, 2.75) is 6.92 Å². The quantitative estimate of drug-likeness (QED) is 0.822. The second kappa shape index (κ2) is 5.32. The van der Waals surface area contributed by atoms with E-state index in [9.17, 15) is 4.79 Å². The van der Waals surface area contributed by atoms with E-state index in [4.69, 9.17) is 4.74 Å². The highest BCUT2D eigenvalue weighted by atomic mass is 35.5. The van der Waals surface area contributed by atoms with Gasteiger partial charge in [0, 0.05) is 18.5 Å². The summed E-state index contributed by atoms with van der Waals surface area (Å²) in [5.41, 5.74) is 0.748. The Kier molecular flexibility index (Phi) is 4.33. The molecule has 2 rings (SSSR count). The molecule has 1 aliphatic heterocycles. The molecule has 1 aromatic rings. The molecule has 1 aliphatic rings. The second-order valence-electron chi connectivity index (χ2n) is 4.36. The first kappa shape index (κ1) is 13.0. The smallest absolute Gasteiger partial charge is 0.338 e. The Balaban J connectivity index is 0.00000128. The zero-order chi connectivity index (χ0) is 10.7. The molecule has 0 saturated carbocycles. The van der Waals surface area contributed by atoms with E-state index in [0.717, 1.165) is 13.1 Å². The monoisotopic (exact) mass is 241 g/mol. The third kappa shape index (κ3) is 2.97. The van der Waals surface area contributed by atoms with Crippen molar-refractivity contribution in [3.05, 3.63) is 35.9 Å². The molecule has 1 heterocycles. The van der Waals surface area contributed by atoms with Gasteiger partial charge >= 0.3 is 5.97 Å². The third-order valence-electron chi connectivity index (χ3n) is 2.66. The van der Waals surface area contributed by atoms with E-state index in [2.05, 4.69) is 12.2 Å². The Labute approximate surface area is 102 Å². The van der Waals surface area contributed by atoms with Crippen LogP contribution in [0.2, 0.25) is 0 Å². The average molecular weight is 242 g/mol. The van der Waals surface area contributed by atoms with E-state index >= 15 is 0 Å². The summed E-state index contributed by atoms with van der Waals surface area (Å²) >= 11 is 0. The summed E-state index contributed by atoms with van der Waals surface area (Å²) in [4.78, 5) is 11.6. The number of hydrogen-bond donors (Lipinski definition) is 1. The molecule has 0 aromatic heterocycles. The molecule has 1 saturated heterocycles. The third-order valence-corrected chi connectivity index (χ3v) is 2.66. The molecule has 4 heteroatoms. The van der Waals surface area contributed by atoms with Crippen LogP contribution in [0.3, 0.4) is 0 Å². The van der Waals surface area contributed by atoms with Gasteiger partial charge in [-0.15, -0.1) is 12.4 Å². The predicted octanol–water partition coefficient (Wildman–Crippen LogP) is 1.87. The molecule has 1 aromatic carbocycles. The highest BCUT2D eigenvalue weighted by Gasteiger charge is 2.33. The zero-order valence-electron chi connectivity index (χ0n) is 9.23. The van der Waals surface area contributed by atoms with Gasteiger partial charge in [-0.3, -0.25) is 0 Å². The summed E-state index contributed by atoms with van der Waals surface area (Å²) in [6.45, 7) is 4.46. The lowest BCUT2D eigenvalue weighted by Gasteiger charge is -2.38. The maximum absolute atomic E-state index is 11.6. The first-order valence-corrected chi connectivity index (χ1v) is 5.13. The first-order valence-electron chi connectivity index (χ1n) is 5.13. The van der Waals surface area contributed by atoms with Crippen LogP contribution in [0, 0.1) is 5.41 Å². The van der Waals surface area contributed by atoms with Crippen LogP contribution in [0.4, 0.5) is 0 Å². The van der Waals surface area contributed by atoms with E-state index in [1.165, 1.54) is 0 Å². The van der Waals surface area contributed by atoms with Gasteiger partial charge in [-0.2, -0.15) is 0 Å². The van der Waals surface area contributed by atoms with Crippen LogP contribution in [0.5, 0.6) is 0 Å². The largest absolute Gasteiger partial charge is 0.461 e. The average Bonchev–Trinajstić information content (AvgIpc) is 2.24. The number of halogens is 1. The van der Waals surface area contributed by atoms with Crippen LogP contribution in [-0.2, 0) is 4.74 Å². The number of carbonyl (C=O) groups is 1. The highest BCUT2D eigenvalue weighted by Crippen LogP contribution is 2.21. The molecule has 0 unspecified atom stereocenters. The van der Waals surface area contributed by atoms with Crippen molar-refractivity contribution in [2.24, 2.45) is 5.41 Å². The van der Waals surface area contributed by atoms with Crippen molar-refractivity contribution < 1.29 is 9.53 Å². The molecule has 88 valence electrons. The van der Waals surface area contributed by atoms with Crippen LogP contribution in [0.1, 0.15) is 17.3 Å². The minimum absolute atomic E-state index is 0. The number of rotatable bonds is 3. The molecule has 0 aliphatic carbocycles. The fourth-order valence-electron chi connectivity index (χ4n) is 1.55. The first-order chi connectivity index (χ1) is 7.20. The Morgan fingerprint density at radius 3 is 2.50 bits per heavy atom. The Bertz CT molecular complexity index is 349. The molecule has 1 N–H and O–H groups in total. The molecule has 0 amide bonds. The van der Waals surface area contributed by atoms with Crippen molar-refractivity contribution in [1.29, 1.82) is 0 Å². The van der Waals surface area contributed by atoms with Crippen molar-refractivity contribution in [3.63, 3.8) is 0 Å². The van der Waals surface area contributed by atoms with Gasteiger partial charge in [-0.1, -0.05) is 25.1 Å². The Hall–Kier alpha value is -1.06. The maximum atomic E-state index is 11.6. The molecule has 0 radical (unpaired) electrons. The van der Waals surface area contributed by atoms with Gasteiger partial charge in [0.25, 0.3) is 0 Å². The molecule has 3 nitrogen and oxygen atoms in total. The van der Waals surface area contributed by atoms with Crippen molar-refractivity contribution >= 4 is 18.4 Å². The van der Waals surface area contributed by atoms with Crippen LogP contribution in [-0.4, -0.2) is 25.7 Å². The van der Waals surface area contributed by atoms with Gasteiger partial charge in [-0.05, 0) is 12.1 Å². The minimum atomic E-state index is -0.233. The molecule has 0 spiro atoms. The van der Waals surface area contributed by atoms with Gasteiger partial charge in [0.05, 0.1) is 12.2 Å². The molecule has 1 fully saturated rings. The van der Waals surface area contributed by atoms with E-state index in [-0.39, 0.29) is 23.8 Å². The number of benzene rings is 1. The fraction of sp³-hybridized carbons (Fsp3) is 0.417. The van der Waals surface area contributed by atoms with Crippen LogP contribution in [0.15, 0.2) is 30.3 Å². The number of hydrogen-bond acceptors (Lipinski definition) is 3. The number of ether oxygens (including phenoxy) is 1. The van der Waals surface area contributed by atoms with Crippen molar-refractivity contribution in [1.82, 2.24) is 5.32 Å². The van der Waals surface area contributed by atoms with Gasteiger partial charge in [0.15, 0.2) is 0 Å².